The molecule has 1 amide bonds. The summed E-state index contributed by atoms with van der Waals surface area (Å²) in [4.78, 5) is 11.8. The number of alkyl halides is 2. The van der Waals surface area contributed by atoms with E-state index in [1.807, 2.05) is 20.8 Å². The van der Waals surface area contributed by atoms with Gasteiger partial charge < -0.3 is 15.8 Å². The van der Waals surface area contributed by atoms with E-state index in [1.54, 1.807) is 0 Å². The van der Waals surface area contributed by atoms with Gasteiger partial charge in [-0.25, -0.2) is 0 Å². The van der Waals surface area contributed by atoms with E-state index in [1.165, 1.54) is 24.3 Å². The van der Waals surface area contributed by atoms with Gasteiger partial charge in [0.25, 0.3) is 0 Å². The number of hydrogen-bond donors (Lipinski definition) is 2. The smallest absolute Gasteiger partial charge is 0.387 e. The molecule has 1 rings (SSSR count). The summed E-state index contributed by atoms with van der Waals surface area (Å²) in [7, 11) is 0. The Hall–Kier alpha value is -1.69. The molecule has 0 spiro atoms. The van der Waals surface area contributed by atoms with Crippen molar-refractivity contribution in [2.75, 3.05) is 5.32 Å². The highest BCUT2D eigenvalue weighted by Gasteiger charge is 2.27. The van der Waals surface area contributed by atoms with Crippen LogP contribution in [0, 0.1) is 5.41 Å². The molecule has 0 aromatic heterocycles. The summed E-state index contributed by atoms with van der Waals surface area (Å²) in [5.41, 5.74) is 5.92. The van der Waals surface area contributed by atoms with E-state index in [-0.39, 0.29) is 17.1 Å². The van der Waals surface area contributed by atoms with E-state index in [0.29, 0.717) is 5.69 Å². The van der Waals surface area contributed by atoms with Gasteiger partial charge in [-0.2, -0.15) is 8.78 Å². The number of nitrogens with two attached hydrogens (primary N) is 1. The fourth-order valence-electron chi connectivity index (χ4n) is 1.33. The lowest BCUT2D eigenvalue weighted by Gasteiger charge is -2.25. The molecule has 1 aromatic rings. The van der Waals surface area contributed by atoms with Gasteiger partial charge in [-0.15, -0.1) is 0 Å². The number of rotatable bonds is 4. The van der Waals surface area contributed by atoms with Crippen LogP contribution < -0.4 is 15.8 Å². The van der Waals surface area contributed by atoms with Crippen LogP contribution in [0.4, 0.5) is 14.5 Å². The number of amides is 1. The Balaban J connectivity index is 2.65. The van der Waals surface area contributed by atoms with Gasteiger partial charge in [0.15, 0.2) is 0 Å². The molecule has 0 aliphatic heterocycles. The van der Waals surface area contributed by atoms with Crippen LogP contribution in [-0.4, -0.2) is 18.6 Å². The molecule has 1 atom stereocenters. The molecule has 0 heterocycles. The summed E-state index contributed by atoms with van der Waals surface area (Å²) in [5.74, 6) is -0.289. The van der Waals surface area contributed by atoms with Crippen molar-refractivity contribution >= 4 is 11.6 Å². The summed E-state index contributed by atoms with van der Waals surface area (Å²) in [5, 5.41) is 2.62. The maximum atomic E-state index is 12.0. The molecular weight excluding hydrogens is 254 g/mol. The third-order valence-electron chi connectivity index (χ3n) is 2.56. The van der Waals surface area contributed by atoms with Crippen molar-refractivity contribution in [1.29, 1.82) is 0 Å². The molecule has 6 heteroatoms. The first kappa shape index (κ1) is 15.4. The molecule has 3 N–H and O–H groups in total. The fourth-order valence-corrected chi connectivity index (χ4v) is 1.33. The first-order valence-electron chi connectivity index (χ1n) is 5.81. The third kappa shape index (κ3) is 4.82. The van der Waals surface area contributed by atoms with Crippen LogP contribution >= 0.6 is 0 Å². The largest absolute Gasteiger partial charge is 0.435 e. The van der Waals surface area contributed by atoms with Crippen molar-refractivity contribution in [3.63, 3.8) is 0 Å². The Bertz CT molecular complexity index is 427. The molecule has 4 nitrogen and oxygen atoms in total. The molecule has 1 aromatic carbocycles. The summed E-state index contributed by atoms with van der Waals surface area (Å²) in [6, 6.07) is 4.99. The van der Waals surface area contributed by atoms with Gasteiger partial charge in [0.2, 0.25) is 5.91 Å². The number of benzene rings is 1. The first-order valence-corrected chi connectivity index (χ1v) is 5.81. The highest BCUT2D eigenvalue weighted by molar-refractivity contribution is 5.95. The predicted octanol–water partition coefficient (Wildman–Crippen LogP) is 2.60. The zero-order valence-corrected chi connectivity index (χ0v) is 11.1. The lowest BCUT2D eigenvalue weighted by atomic mass is 9.87. The number of carbonyl (C=O) groups excluding carboxylic acids is 1. The molecular formula is C13H18F2N2O2. The van der Waals surface area contributed by atoms with E-state index in [0.717, 1.165) is 0 Å². The van der Waals surface area contributed by atoms with Gasteiger partial charge in [-0.1, -0.05) is 20.8 Å². The van der Waals surface area contributed by atoms with E-state index >= 15 is 0 Å². The zero-order valence-electron chi connectivity index (χ0n) is 11.1. The maximum Gasteiger partial charge on any atom is 0.387 e. The lowest BCUT2D eigenvalue weighted by molar-refractivity contribution is -0.119. The van der Waals surface area contributed by atoms with Crippen molar-refractivity contribution in [2.24, 2.45) is 11.1 Å². The third-order valence-corrected chi connectivity index (χ3v) is 2.56. The molecule has 106 valence electrons. The average Bonchev–Trinajstić information content (AvgIpc) is 2.28. The quantitative estimate of drug-likeness (QED) is 0.885. The number of carbonyl (C=O) groups is 1. The maximum absolute atomic E-state index is 12.0. The standard InChI is InChI=1S/C13H18F2N2O2/c1-13(2,3)10(16)11(18)17-8-4-6-9(7-5-8)19-12(14)15/h4-7,10,12H,16H2,1-3H3,(H,17,18). The topological polar surface area (TPSA) is 64.4 Å². The Morgan fingerprint density at radius 2 is 1.79 bits per heavy atom. The molecule has 0 fully saturated rings. The monoisotopic (exact) mass is 272 g/mol. The van der Waals surface area contributed by atoms with Gasteiger partial charge >= 0.3 is 6.61 Å². The number of hydrogen-bond acceptors (Lipinski definition) is 3. The molecule has 0 saturated carbocycles. The van der Waals surface area contributed by atoms with Gasteiger partial charge in [0, 0.05) is 5.69 Å². The lowest BCUT2D eigenvalue weighted by Crippen LogP contribution is -2.45. The van der Waals surface area contributed by atoms with E-state index < -0.39 is 12.7 Å². The summed E-state index contributed by atoms with van der Waals surface area (Å²) >= 11 is 0. The van der Waals surface area contributed by atoms with Crippen LogP contribution in [0.2, 0.25) is 0 Å². The minimum absolute atomic E-state index is 0.0353. The van der Waals surface area contributed by atoms with Crippen molar-refractivity contribution < 1.29 is 18.3 Å². The average molecular weight is 272 g/mol. The highest BCUT2D eigenvalue weighted by Crippen LogP contribution is 2.21. The number of halogens is 2. The van der Waals surface area contributed by atoms with Crippen LogP contribution in [-0.2, 0) is 4.79 Å². The Kier molecular flexibility index (Phi) is 4.83. The van der Waals surface area contributed by atoms with Crippen LogP contribution in [0.3, 0.4) is 0 Å². The second kappa shape index (κ2) is 5.97. The van der Waals surface area contributed by atoms with Crippen LogP contribution in [0.15, 0.2) is 24.3 Å². The van der Waals surface area contributed by atoms with Crippen LogP contribution in [0.5, 0.6) is 5.75 Å². The van der Waals surface area contributed by atoms with Gasteiger partial charge in [0.05, 0.1) is 6.04 Å². The normalized spacial score (nSPS) is 13.2. The number of anilines is 1. The molecule has 0 saturated heterocycles. The second-order valence-corrected chi connectivity index (χ2v) is 5.24. The summed E-state index contributed by atoms with van der Waals surface area (Å²) in [6.45, 7) is 2.71. The van der Waals surface area contributed by atoms with Gasteiger partial charge in [0.1, 0.15) is 5.75 Å². The number of ether oxygens (including phenoxy) is 1. The highest BCUT2D eigenvalue weighted by atomic mass is 19.3. The van der Waals surface area contributed by atoms with Crippen molar-refractivity contribution in [3.05, 3.63) is 24.3 Å². The Morgan fingerprint density at radius 1 is 1.26 bits per heavy atom. The van der Waals surface area contributed by atoms with Gasteiger partial charge in [-0.3, -0.25) is 4.79 Å². The summed E-state index contributed by atoms with van der Waals surface area (Å²) in [6.07, 6.45) is 0. The SMILES string of the molecule is CC(C)(C)C(N)C(=O)Nc1ccc(OC(F)F)cc1. The summed E-state index contributed by atoms with van der Waals surface area (Å²) < 4.78 is 28.1. The van der Waals surface area contributed by atoms with E-state index in [4.69, 9.17) is 5.73 Å². The fraction of sp³-hybridized carbons (Fsp3) is 0.462. The minimum Gasteiger partial charge on any atom is -0.435 e. The molecule has 0 aliphatic rings. The minimum atomic E-state index is -2.87. The Morgan fingerprint density at radius 3 is 2.21 bits per heavy atom. The van der Waals surface area contributed by atoms with Crippen LogP contribution in [0.25, 0.3) is 0 Å². The number of nitrogens with one attached hydrogen (secondary N) is 1. The predicted molar refractivity (Wildman–Crippen MR) is 69.1 cm³/mol. The van der Waals surface area contributed by atoms with Crippen molar-refractivity contribution in [3.8, 4) is 5.75 Å². The molecule has 0 bridgehead atoms. The molecule has 19 heavy (non-hydrogen) atoms. The molecule has 0 radical (unpaired) electrons. The van der Waals surface area contributed by atoms with E-state index in [9.17, 15) is 13.6 Å². The second-order valence-electron chi connectivity index (χ2n) is 5.24. The van der Waals surface area contributed by atoms with Crippen molar-refractivity contribution in [1.82, 2.24) is 0 Å². The van der Waals surface area contributed by atoms with E-state index in [2.05, 4.69) is 10.1 Å². The van der Waals surface area contributed by atoms with Crippen molar-refractivity contribution in [2.45, 2.75) is 33.4 Å². The van der Waals surface area contributed by atoms with Gasteiger partial charge in [-0.05, 0) is 29.7 Å². The molecule has 1 unspecified atom stereocenters. The first-order chi connectivity index (χ1) is 8.70. The van der Waals surface area contributed by atoms with Crippen LogP contribution in [0.1, 0.15) is 20.8 Å². The molecule has 0 aliphatic carbocycles. The zero-order chi connectivity index (χ0) is 14.6. The Labute approximate surface area is 110 Å².